The van der Waals surface area contributed by atoms with Crippen LogP contribution in [0.5, 0.6) is 0 Å². The summed E-state index contributed by atoms with van der Waals surface area (Å²) in [5, 5.41) is 0.785. The fourth-order valence-corrected chi connectivity index (χ4v) is 3.79. The van der Waals surface area contributed by atoms with Crippen LogP contribution in [0.2, 0.25) is 5.02 Å². The molecule has 2 heterocycles. The van der Waals surface area contributed by atoms with E-state index >= 15 is 0 Å². The van der Waals surface area contributed by atoms with E-state index in [4.69, 9.17) is 11.6 Å². The maximum Gasteiger partial charge on any atom is 0.236 e. The molecular weight excluding hydrogens is 322 g/mol. The molecule has 0 aliphatic carbocycles. The van der Waals surface area contributed by atoms with Gasteiger partial charge in [-0.05, 0) is 43.4 Å². The summed E-state index contributed by atoms with van der Waals surface area (Å²) in [5.74, 6) is 1.06. The Labute approximate surface area is 150 Å². The Kier molecular flexibility index (Phi) is 5.67. The molecule has 132 valence electrons. The zero-order valence-electron chi connectivity index (χ0n) is 14.8. The summed E-state index contributed by atoms with van der Waals surface area (Å²) in [6, 6.07) is 6.06. The number of nitrogens with zero attached hydrogens (tertiary/aromatic N) is 3. The van der Waals surface area contributed by atoms with Crippen molar-refractivity contribution in [2.75, 3.05) is 50.7 Å². The van der Waals surface area contributed by atoms with Crippen molar-refractivity contribution in [2.45, 2.75) is 26.7 Å². The predicted molar refractivity (Wildman–Crippen MR) is 99.8 cm³/mol. The number of benzene rings is 1. The van der Waals surface area contributed by atoms with Crippen molar-refractivity contribution >= 4 is 23.2 Å². The van der Waals surface area contributed by atoms with Crippen molar-refractivity contribution in [3.8, 4) is 0 Å². The zero-order chi connectivity index (χ0) is 17.1. The number of aryl methyl sites for hydroxylation is 1. The van der Waals surface area contributed by atoms with Crippen LogP contribution in [0.15, 0.2) is 18.2 Å². The third kappa shape index (κ3) is 4.22. The second-order valence-corrected chi connectivity index (χ2v) is 7.69. The summed E-state index contributed by atoms with van der Waals surface area (Å²) in [6.45, 7) is 10.6. The van der Waals surface area contributed by atoms with Gasteiger partial charge in [-0.25, -0.2) is 0 Å². The first-order valence-corrected chi connectivity index (χ1v) is 9.42. The smallest absolute Gasteiger partial charge is 0.236 e. The monoisotopic (exact) mass is 349 g/mol. The van der Waals surface area contributed by atoms with E-state index in [-0.39, 0.29) is 0 Å². The van der Waals surface area contributed by atoms with Crippen LogP contribution in [-0.4, -0.2) is 61.5 Å². The van der Waals surface area contributed by atoms with E-state index in [2.05, 4.69) is 29.7 Å². The molecule has 1 aromatic rings. The Bertz CT molecular complexity index is 576. The van der Waals surface area contributed by atoms with Gasteiger partial charge in [-0.1, -0.05) is 24.6 Å². The number of halogens is 1. The average Bonchev–Trinajstić information content (AvgIpc) is 2.58. The Morgan fingerprint density at radius 3 is 2.46 bits per heavy atom. The maximum atomic E-state index is 12.5. The minimum Gasteiger partial charge on any atom is -0.369 e. The first-order chi connectivity index (χ1) is 11.5. The van der Waals surface area contributed by atoms with Crippen molar-refractivity contribution in [3.05, 3.63) is 28.8 Å². The number of hydrogen-bond donors (Lipinski definition) is 0. The normalized spacial score (nSPS) is 20.5. The summed E-state index contributed by atoms with van der Waals surface area (Å²) in [7, 11) is 0. The standard InChI is InChI=1S/C19H28ClN3O/c1-15-5-7-23(8-6-15)19(24)14-21-9-11-22(12-10-21)18-13-17(20)4-3-16(18)2/h3-4,13,15H,5-12,14H2,1-2H3. The molecule has 1 aromatic carbocycles. The van der Waals surface area contributed by atoms with Crippen molar-refractivity contribution < 1.29 is 4.79 Å². The Morgan fingerprint density at radius 2 is 1.79 bits per heavy atom. The fraction of sp³-hybridized carbons (Fsp3) is 0.632. The molecular formula is C19H28ClN3O. The molecule has 0 spiro atoms. The minimum absolute atomic E-state index is 0.300. The third-order valence-electron chi connectivity index (χ3n) is 5.38. The molecule has 0 aromatic heterocycles. The molecule has 2 aliphatic rings. The van der Waals surface area contributed by atoms with Crippen LogP contribution in [0, 0.1) is 12.8 Å². The first kappa shape index (κ1) is 17.6. The average molecular weight is 350 g/mol. The summed E-state index contributed by atoms with van der Waals surface area (Å²) < 4.78 is 0. The van der Waals surface area contributed by atoms with Crippen molar-refractivity contribution in [1.82, 2.24) is 9.80 Å². The highest BCUT2D eigenvalue weighted by Crippen LogP contribution is 2.25. The van der Waals surface area contributed by atoms with E-state index < -0.39 is 0 Å². The minimum atomic E-state index is 0.300. The van der Waals surface area contributed by atoms with Gasteiger partial charge in [-0.2, -0.15) is 0 Å². The zero-order valence-corrected chi connectivity index (χ0v) is 15.6. The van der Waals surface area contributed by atoms with E-state index in [1.54, 1.807) is 0 Å². The molecule has 0 N–H and O–H groups in total. The van der Waals surface area contributed by atoms with E-state index in [0.29, 0.717) is 12.5 Å². The summed E-state index contributed by atoms with van der Waals surface area (Å²) in [5.41, 5.74) is 2.48. The highest BCUT2D eigenvalue weighted by molar-refractivity contribution is 6.30. The van der Waals surface area contributed by atoms with Gasteiger partial charge >= 0.3 is 0 Å². The predicted octanol–water partition coefficient (Wildman–Crippen LogP) is 3.03. The Balaban J connectivity index is 1.50. The lowest BCUT2D eigenvalue weighted by Gasteiger charge is -2.38. The molecule has 0 radical (unpaired) electrons. The number of hydrogen-bond acceptors (Lipinski definition) is 3. The second kappa shape index (κ2) is 7.75. The van der Waals surface area contributed by atoms with Gasteiger partial charge in [-0.15, -0.1) is 0 Å². The van der Waals surface area contributed by atoms with Crippen LogP contribution < -0.4 is 4.90 Å². The summed E-state index contributed by atoms with van der Waals surface area (Å²) in [4.78, 5) is 19.2. The van der Waals surface area contributed by atoms with E-state index in [0.717, 1.165) is 63.1 Å². The van der Waals surface area contributed by atoms with Crippen molar-refractivity contribution in [1.29, 1.82) is 0 Å². The molecule has 1 amide bonds. The summed E-state index contributed by atoms with van der Waals surface area (Å²) in [6.07, 6.45) is 2.29. The quantitative estimate of drug-likeness (QED) is 0.839. The number of carbonyl (C=O) groups is 1. The van der Waals surface area contributed by atoms with Crippen LogP contribution in [-0.2, 0) is 4.79 Å². The number of carbonyl (C=O) groups excluding carboxylic acids is 1. The van der Waals surface area contributed by atoms with E-state index in [1.807, 2.05) is 17.0 Å². The van der Waals surface area contributed by atoms with Gasteiger partial charge in [0.2, 0.25) is 5.91 Å². The topological polar surface area (TPSA) is 26.8 Å². The highest BCUT2D eigenvalue weighted by atomic mass is 35.5. The van der Waals surface area contributed by atoms with E-state index in [1.165, 1.54) is 11.3 Å². The molecule has 0 atom stereocenters. The highest BCUT2D eigenvalue weighted by Gasteiger charge is 2.24. The molecule has 2 aliphatic heterocycles. The van der Waals surface area contributed by atoms with Gasteiger partial charge in [0.05, 0.1) is 6.54 Å². The fourth-order valence-electron chi connectivity index (χ4n) is 3.62. The lowest BCUT2D eigenvalue weighted by Crippen LogP contribution is -2.51. The third-order valence-corrected chi connectivity index (χ3v) is 5.61. The van der Waals surface area contributed by atoms with Gasteiger partial charge < -0.3 is 9.80 Å². The molecule has 0 unspecified atom stereocenters. The van der Waals surface area contributed by atoms with Crippen molar-refractivity contribution in [3.63, 3.8) is 0 Å². The second-order valence-electron chi connectivity index (χ2n) is 7.26. The van der Waals surface area contributed by atoms with Crippen LogP contribution in [0.4, 0.5) is 5.69 Å². The Morgan fingerprint density at radius 1 is 1.12 bits per heavy atom. The number of likely N-dealkylation sites (tertiary alicyclic amines) is 1. The molecule has 0 saturated carbocycles. The van der Waals surface area contributed by atoms with Gasteiger partial charge in [-0.3, -0.25) is 9.69 Å². The van der Waals surface area contributed by atoms with Crippen LogP contribution in [0.3, 0.4) is 0 Å². The largest absolute Gasteiger partial charge is 0.369 e. The lowest BCUT2D eigenvalue weighted by molar-refractivity contribution is -0.133. The first-order valence-electron chi connectivity index (χ1n) is 9.04. The SMILES string of the molecule is Cc1ccc(Cl)cc1N1CCN(CC(=O)N2CCC(C)CC2)CC1. The number of amides is 1. The maximum absolute atomic E-state index is 12.5. The van der Waals surface area contributed by atoms with Gasteiger partial charge in [0, 0.05) is 50.0 Å². The molecule has 0 bridgehead atoms. The van der Waals surface area contributed by atoms with Gasteiger partial charge in [0.25, 0.3) is 0 Å². The lowest BCUT2D eigenvalue weighted by atomic mass is 9.99. The molecule has 3 rings (SSSR count). The Hall–Kier alpha value is -1.26. The molecule has 2 saturated heterocycles. The molecule has 24 heavy (non-hydrogen) atoms. The molecule has 5 heteroatoms. The van der Waals surface area contributed by atoms with E-state index in [9.17, 15) is 4.79 Å². The summed E-state index contributed by atoms with van der Waals surface area (Å²) >= 11 is 6.14. The number of anilines is 1. The van der Waals surface area contributed by atoms with Crippen LogP contribution in [0.1, 0.15) is 25.3 Å². The van der Waals surface area contributed by atoms with Gasteiger partial charge in [0.15, 0.2) is 0 Å². The number of rotatable bonds is 3. The number of piperidine rings is 1. The van der Waals surface area contributed by atoms with Crippen LogP contribution >= 0.6 is 11.6 Å². The van der Waals surface area contributed by atoms with Gasteiger partial charge in [0.1, 0.15) is 0 Å². The number of piperazine rings is 1. The molecule has 4 nitrogen and oxygen atoms in total. The van der Waals surface area contributed by atoms with Crippen molar-refractivity contribution in [2.24, 2.45) is 5.92 Å². The van der Waals surface area contributed by atoms with Crippen LogP contribution in [0.25, 0.3) is 0 Å². The molecule has 2 fully saturated rings.